The number of rotatable bonds is 6. The van der Waals surface area contributed by atoms with E-state index < -0.39 is 15.4 Å². The maximum atomic E-state index is 12.0. The van der Waals surface area contributed by atoms with Gasteiger partial charge in [-0.25, -0.2) is 23.1 Å². The van der Waals surface area contributed by atoms with Gasteiger partial charge >= 0.3 is 0 Å². The molecule has 0 atom stereocenters. The van der Waals surface area contributed by atoms with Gasteiger partial charge < -0.3 is 10.6 Å². The van der Waals surface area contributed by atoms with Gasteiger partial charge in [0.2, 0.25) is 21.9 Å². The van der Waals surface area contributed by atoms with Crippen LogP contribution in [-0.4, -0.2) is 44.9 Å². The molecule has 0 aromatic carbocycles. The molecule has 0 aliphatic carbocycles. The molecule has 112 valence electrons. The van der Waals surface area contributed by atoms with E-state index in [1.165, 1.54) is 19.4 Å². The van der Waals surface area contributed by atoms with Crippen molar-refractivity contribution in [1.29, 1.82) is 0 Å². The van der Waals surface area contributed by atoms with Gasteiger partial charge in [0, 0.05) is 20.6 Å². The summed E-state index contributed by atoms with van der Waals surface area (Å²) in [6.07, 6.45) is 2.40. The van der Waals surface area contributed by atoms with Crippen LogP contribution in [0.2, 0.25) is 0 Å². The largest absolute Gasteiger partial charge is 0.359 e. The summed E-state index contributed by atoms with van der Waals surface area (Å²) in [5.74, 6) is 0.0802. The highest BCUT2D eigenvalue weighted by Gasteiger charge is 2.29. The zero-order valence-electron chi connectivity index (χ0n) is 11.9. The van der Waals surface area contributed by atoms with E-state index in [2.05, 4.69) is 25.3 Å². The molecule has 1 aromatic rings. The third-order valence-corrected chi connectivity index (χ3v) is 4.06. The average molecular weight is 301 g/mol. The first-order valence-corrected chi connectivity index (χ1v) is 7.43. The summed E-state index contributed by atoms with van der Waals surface area (Å²) in [5, 5.41) is 5.18. The number of nitrogens with one attached hydrogen (secondary N) is 3. The second kappa shape index (κ2) is 6.14. The summed E-state index contributed by atoms with van der Waals surface area (Å²) in [4.78, 5) is 19.2. The molecule has 1 rings (SSSR count). The van der Waals surface area contributed by atoms with E-state index in [0.717, 1.165) is 0 Å². The monoisotopic (exact) mass is 301 g/mol. The summed E-state index contributed by atoms with van der Waals surface area (Å²) < 4.78 is 26.5. The molecule has 0 unspecified atom stereocenters. The quantitative estimate of drug-likeness (QED) is 0.657. The van der Waals surface area contributed by atoms with Crippen LogP contribution in [0.3, 0.4) is 0 Å². The lowest BCUT2D eigenvalue weighted by molar-refractivity contribution is -0.128. The standard InChI is InChI=1S/C11H19N5O3S/c1-11(2,9(17)12-3)7-16-20(18,19)8-5-14-10(13-4)15-6-8/h5-6,16H,7H2,1-4H3,(H,12,17)(H,13,14,15). The Labute approximate surface area is 118 Å². The number of carbonyl (C=O) groups excluding carboxylic acids is 1. The first-order chi connectivity index (χ1) is 9.23. The molecule has 1 heterocycles. The van der Waals surface area contributed by atoms with Gasteiger partial charge in [-0.15, -0.1) is 0 Å². The Kier molecular flexibility index (Phi) is 5.01. The third-order valence-electron chi connectivity index (χ3n) is 2.71. The minimum Gasteiger partial charge on any atom is -0.359 e. The van der Waals surface area contributed by atoms with E-state index in [0.29, 0.717) is 5.95 Å². The molecule has 9 heteroatoms. The van der Waals surface area contributed by atoms with Crippen LogP contribution in [0.4, 0.5) is 5.95 Å². The fourth-order valence-electron chi connectivity index (χ4n) is 1.36. The summed E-state index contributed by atoms with van der Waals surface area (Å²) in [5.41, 5.74) is -0.854. The van der Waals surface area contributed by atoms with Gasteiger partial charge in [0.05, 0.1) is 17.8 Å². The molecule has 0 spiro atoms. The third kappa shape index (κ3) is 3.87. The number of hydrogen-bond donors (Lipinski definition) is 3. The number of nitrogens with zero attached hydrogens (tertiary/aromatic N) is 2. The van der Waals surface area contributed by atoms with Crippen molar-refractivity contribution in [1.82, 2.24) is 20.0 Å². The number of anilines is 1. The van der Waals surface area contributed by atoms with Gasteiger partial charge in [-0.2, -0.15) is 0 Å². The molecule has 8 nitrogen and oxygen atoms in total. The Morgan fingerprint density at radius 2 is 1.80 bits per heavy atom. The molecule has 1 amide bonds. The molecule has 0 saturated heterocycles. The van der Waals surface area contributed by atoms with Crippen LogP contribution in [0.25, 0.3) is 0 Å². The van der Waals surface area contributed by atoms with E-state index in [1.807, 2.05) is 0 Å². The number of amides is 1. The van der Waals surface area contributed by atoms with Gasteiger partial charge in [-0.05, 0) is 13.8 Å². The normalized spacial score (nSPS) is 12.0. The van der Waals surface area contributed by atoms with Gasteiger partial charge in [0.15, 0.2) is 0 Å². The van der Waals surface area contributed by atoms with Crippen LogP contribution in [0, 0.1) is 5.41 Å². The summed E-state index contributed by atoms with van der Waals surface area (Å²) in [6.45, 7) is 3.27. The van der Waals surface area contributed by atoms with Gasteiger partial charge in [0.25, 0.3) is 0 Å². The molecule has 0 aliphatic heterocycles. The lowest BCUT2D eigenvalue weighted by atomic mass is 9.93. The minimum absolute atomic E-state index is 0.0250. The maximum absolute atomic E-state index is 12.0. The molecule has 0 aliphatic rings. The van der Waals surface area contributed by atoms with Gasteiger partial charge in [-0.3, -0.25) is 4.79 Å². The minimum atomic E-state index is -3.74. The zero-order chi connectivity index (χ0) is 15.4. The number of sulfonamides is 1. The number of hydrogen-bond acceptors (Lipinski definition) is 6. The predicted octanol–water partition coefficient (Wildman–Crippen LogP) is -0.431. The Bertz CT molecular complexity index is 568. The van der Waals surface area contributed by atoms with Crippen LogP contribution < -0.4 is 15.4 Å². The predicted molar refractivity (Wildman–Crippen MR) is 74.6 cm³/mol. The highest BCUT2D eigenvalue weighted by molar-refractivity contribution is 7.89. The lowest BCUT2D eigenvalue weighted by Crippen LogP contribution is -2.43. The number of carbonyl (C=O) groups is 1. The Balaban J connectivity index is 2.82. The SMILES string of the molecule is CNC(=O)C(C)(C)CNS(=O)(=O)c1cnc(NC)nc1. The summed E-state index contributed by atoms with van der Waals surface area (Å²) >= 11 is 0. The molecule has 0 radical (unpaired) electrons. The van der Waals surface area contributed by atoms with Crippen LogP contribution in [-0.2, 0) is 14.8 Å². The molecule has 3 N–H and O–H groups in total. The maximum Gasteiger partial charge on any atom is 0.243 e. The first-order valence-electron chi connectivity index (χ1n) is 5.94. The van der Waals surface area contributed by atoms with Crippen molar-refractivity contribution in [2.24, 2.45) is 5.41 Å². The van der Waals surface area contributed by atoms with Crippen molar-refractivity contribution in [3.63, 3.8) is 0 Å². The highest BCUT2D eigenvalue weighted by Crippen LogP contribution is 2.15. The van der Waals surface area contributed by atoms with Crippen LogP contribution in [0.5, 0.6) is 0 Å². The van der Waals surface area contributed by atoms with Crippen molar-refractivity contribution >= 4 is 21.9 Å². The second-order valence-corrected chi connectivity index (χ2v) is 6.55. The molecular weight excluding hydrogens is 282 g/mol. The fourth-order valence-corrected chi connectivity index (χ4v) is 2.46. The first kappa shape index (κ1) is 16.3. The van der Waals surface area contributed by atoms with E-state index in [-0.39, 0.29) is 17.3 Å². The highest BCUT2D eigenvalue weighted by atomic mass is 32.2. The van der Waals surface area contributed by atoms with Crippen molar-refractivity contribution < 1.29 is 13.2 Å². The second-order valence-electron chi connectivity index (χ2n) is 4.78. The Hall–Kier alpha value is -1.74. The van der Waals surface area contributed by atoms with Crippen LogP contribution >= 0.6 is 0 Å². The van der Waals surface area contributed by atoms with Gasteiger partial charge in [-0.1, -0.05) is 0 Å². The van der Waals surface area contributed by atoms with Crippen molar-refractivity contribution in [3.8, 4) is 0 Å². The van der Waals surface area contributed by atoms with E-state index in [9.17, 15) is 13.2 Å². The van der Waals surface area contributed by atoms with Crippen LogP contribution in [0.15, 0.2) is 17.3 Å². The van der Waals surface area contributed by atoms with E-state index in [4.69, 9.17) is 0 Å². The van der Waals surface area contributed by atoms with Crippen LogP contribution in [0.1, 0.15) is 13.8 Å². The number of aromatic nitrogens is 2. The van der Waals surface area contributed by atoms with E-state index in [1.54, 1.807) is 20.9 Å². The van der Waals surface area contributed by atoms with Crippen molar-refractivity contribution in [2.45, 2.75) is 18.7 Å². The van der Waals surface area contributed by atoms with E-state index >= 15 is 0 Å². The average Bonchev–Trinajstić information content (AvgIpc) is 2.44. The molecule has 0 saturated carbocycles. The van der Waals surface area contributed by atoms with Gasteiger partial charge in [0.1, 0.15) is 4.90 Å². The Morgan fingerprint density at radius 3 is 2.25 bits per heavy atom. The molecule has 0 bridgehead atoms. The molecular formula is C11H19N5O3S. The molecule has 20 heavy (non-hydrogen) atoms. The lowest BCUT2D eigenvalue weighted by Gasteiger charge is -2.22. The summed E-state index contributed by atoms with van der Waals surface area (Å²) in [6, 6.07) is 0. The van der Waals surface area contributed by atoms with Crippen molar-refractivity contribution in [2.75, 3.05) is 26.0 Å². The van der Waals surface area contributed by atoms with Crippen molar-refractivity contribution in [3.05, 3.63) is 12.4 Å². The Morgan fingerprint density at radius 1 is 1.25 bits per heavy atom. The topological polar surface area (TPSA) is 113 Å². The molecule has 0 fully saturated rings. The fraction of sp³-hybridized carbons (Fsp3) is 0.545. The molecule has 1 aromatic heterocycles. The summed E-state index contributed by atoms with van der Waals surface area (Å²) in [7, 11) is -0.608. The smallest absolute Gasteiger partial charge is 0.243 e. The zero-order valence-corrected chi connectivity index (χ0v) is 12.7.